The molecule has 6 heteroatoms. The smallest absolute Gasteiger partial charge is 0.340 e. The van der Waals surface area contributed by atoms with Crippen LogP contribution in [0.3, 0.4) is 0 Å². The van der Waals surface area contributed by atoms with Gasteiger partial charge in [-0.15, -0.1) is 0 Å². The Bertz CT molecular complexity index is 915. The average Bonchev–Trinajstić information content (AvgIpc) is 2.87. The molecule has 0 saturated heterocycles. The minimum atomic E-state index is -0.507. The van der Waals surface area contributed by atoms with Gasteiger partial charge < -0.3 is 14.8 Å². The molecule has 0 saturated carbocycles. The van der Waals surface area contributed by atoms with Gasteiger partial charge in [0.1, 0.15) is 5.82 Å². The zero-order chi connectivity index (χ0) is 16.4. The normalized spacial score (nSPS) is 11.2. The number of aromatic hydroxyl groups is 1. The van der Waals surface area contributed by atoms with Crippen LogP contribution in [-0.2, 0) is 4.74 Å². The summed E-state index contributed by atoms with van der Waals surface area (Å²) in [5.74, 6) is -1.04. The Balaban J connectivity index is 2.06. The van der Waals surface area contributed by atoms with Gasteiger partial charge >= 0.3 is 5.97 Å². The minimum Gasteiger partial charge on any atom is -0.494 e. The zero-order valence-corrected chi connectivity index (χ0v) is 12.2. The highest BCUT2D eigenvalue weighted by Crippen LogP contribution is 2.27. The average molecular weight is 312 g/mol. The van der Waals surface area contributed by atoms with E-state index in [0.717, 1.165) is 0 Å². The van der Waals surface area contributed by atoms with E-state index in [4.69, 9.17) is 4.74 Å². The summed E-state index contributed by atoms with van der Waals surface area (Å²) in [5, 5.41) is 10.5. The number of nitrogens with one attached hydrogen (secondary N) is 1. The van der Waals surface area contributed by atoms with E-state index in [1.165, 1.54) is 31.5 Å². The van der Waals surface area contributed by atoms with Crippen molar-refractivity contribution in [1.82, 2.24) is 4.98 Å². The van der Waals surface area contributed by atoms with E-state index >= 15 is 0 Å². The monoisotopic (exact) mass is 312 g/mol. The highest BCUT2D eigenvalue weighted by atomic mass is 19.1. The molecule has 3 rings (SSSR count). The third-order valence-electron chi connectivity index (χ3n) is 3.42. The van der Waals surface area contributed by atoms with Crippen LogP contribution in [0.4, 0.5) is 10.1 Å². The van der Waals surface area contributed by atoms with Crippen LogP contribution in [0.1, 0.15) is 15.9 Å². The fourth-order valence-electron chi connectivity index (χ4n) is 2.30. The fraction of sp³-hybridized carbons (Fsp3) is 0.0588. The molecule has 0 unspecified atom stereocenters. The van der Waals surface area contributed by atoms with E-state index < -0.39 is 11.8 Å². The van der Waals surface area contributed by atoms with Crippen molar-refractivity contribution in [2.75, 3.05) is 7.11 Å². The van der Waals surface area contributed by atoms with Crippen LogP contribution in [0, 0.1) is 5.82 Å². The number of ether oxygens (including phenoxy) is 1. The van der Waals surface area contributed by atoms with Gasteiger partial charge in [-0.3, -0.25) is 4.99 Å². The molecule has 0 aliphatic rings. The van der Waals surface area contributed by atoms with Crippen molar-refractivity contribution in [3.8, 4) is 5.88 Å². The summed E-state index contributed by atoms with van der Waals surface area (Å²) >= 11 is 0. The number of hydrogen-bond acceptors (Lipinski definition) is 4. The van der Waals surface area contributed by atoms with Crippen LogP contribution in [0.25, 0.3) is 10.9 Å². The number of esters is 1. The first-order valence-corrected chi connectivity index (χ1v) is 6.81. The molecule has 0 amide bonds. The highest BCUT2D eigenvalue weighted by Gasteiger charge is 2.12. The van der Waals surface area contributed by atoms with Gasteiger partial charge in [0.2, 0.25) is 0 Å². The molecule has 5 nitrogen and oxygen atoms in total. The van der Waals surface area contributed by atoms with Gasteiger partial charge in [-0.25, -0.2) is 9.18 Å². The van der Waals surface area contributed by atoms with E-state index in [2.05, 4.69) is 9.98 Å². The van der Waals surface area contributed by atoms with Crippen molar-refractivity contribution < 1.29 is 19.0 Å². The topological polar surface area (TPSA) is 74.7 Å². The fourth-order valence-corrected chi connectivity index (χ4v) is 2.30. The number of rotatable bonds is 3. The van der Waals surface area contributed by atoms with Gasteiger partial charge in [0.15, 0.2) is 5.88 Å². The Morgan fingerprint density at radius 2 is 2.09 bits per heavy atom. The highest BCUT2D eigenvalue weighted by molar-refractivity contribution is 6.03. The molecule has 1 aromatic heterocycles. The summed E-state index contributed by atoms with van der Waals surface area (Å²) in [7, 11) is 1.29. The van der Waals surface area contributed by atoms with E-state index in [9.17, 15) is 14.3 Å². The molecule has 2 aromatic carbocycles. The minimum absolute atomic E-state index is 0.120. The summed E-state index contributed by atoms with van der Waals surface area (Å²) < 4.78 is 18.1. The van der Waals surface area contributed by atoms with Crippen LogP contribution >= 0.6 is 0 Å². The number of H-pyrrole nitrogens is 1. The lowest BCUT2D eigenvalue weighted by atomic mass is 10.1. The zero-order valence-electron chi connectivity index (χ0n) is 12.2. The van der Waals surface area contributed by atoms with Crippen LogP contribution < -0.4 is 0 Å². The number of aromatic amines is 1. The molecule has 0 aliphatic heterocycles. The standard InChI is InChI=1S/C17H13FN2O3/c1-23-17(22)11-4-2-3-5-14(11)19-9-13-12-8-10(18)6-7-15(12)20-16(13)21/h2-9,20-21H,1H3. The van der Waals surface area contributed by atoms with Gasteiger partial charge in [0, 0.05) is 17.1 Å². The quantitative estimate of drug-likeness (QED) is 0.573. The number of fused-ring (bicyclic) bond motifs is 1. The summed E-state index contributed by atoms with van der Waals surface area (Å²) in [4.78, 5) is 18.7. The van der Waals surface area contributed by atoms with Crippen molar-refractivity contribution in [1.29, 1.82) is 0 Å². The molecule has 23 heavy (non-hydrogen) atoms. The molecule has 3 aromatic rings. The first-order chi connectivity index (χ1) is 11.1. The number of halogens is 1. The van der Waals surface area contributed by atoms with Crippen LogP contribution in [-0.4, -0.2) is 29.4 Å². The first kappa shape index (κ1) is 14.8. The molecule has 0 fully saturated rings. The second-order valence-electron chi connectivity index (χ2n) is 4.84. The van der Waals surface area contributed by atoms with Crippen molar-refractivity contribution in [3.05, 3.63) is 59.4 Å². The number of methoxy groups -OCH3 is 1. The van der Waals surface area contributed by atoms with Gasteiger partial charge in [0.25, 0.3) is 0 Å². The van der Waals surface area contributed by atoms with E-state index in [0.29, 0.717) is 27.7 Å². The predicted octanol–water partition coefficient (Wildman–Crippen LogP) is 3.55. The first-order valence-electron chi connectivity index (χ1n) is 6.81. The lowest BCUT2D eigenvalue weighted by Crippen LogP contribution is -2.01. The van der Waals surface area contributed by atoms with Gasteiger partial charge in [-0.05, 0) is 30.3 Å². The Hall–Kier alpha value is -3.15. The number of para-hydroxylation sites is 1. The maximum Gasteiger partial charge on any atom is 0.340 e. The predicted molar refractivity (Wildman–Crippen MR) is 85.0 cm³/mol. The van der Waals surface area contributed by atoms with Crippen molar-refractivity contribution in [2.45, 2.75) is 0 Å². The second kappa shape index (κ2) is 5.92. The van der Waals surface area contributed by atoms with Crippen LogP contribution in [0.5, 0.6) is 5.88 Å². The summed E-state index contributed by atoms with van der Waals surface area (Å²) in [6, 6.07) is 10.8. The van der Waals surface area contributed by atoms with Gasteiger partial charge in [0.05, 0.1) is 23.9 Å². The van der Waals surface area contributed by atoms with Gasteiger partial charge in [-0.1, -0.05) is 12.1 Å². The molecular weight excluding hydrogens is 299 g/mol. The number of nitrogens with zero attached hydrogens (tertiary/aromatic N) is 1. The van der Waals surface area contributed by atoms with Crippen molar-refractivity contribution in [3.63, 3.8) is 0 Å². The van der Waals surface area contributed by atoms with E-state index in [-0.39, 0.29) is 5.88 Å². The Kier molecular flexibility index (Phi) is 3.80. The Morgan fingerprint density at radius 1 is 1.30 bits per heavy atom. The third kappa shape index (κ3) is 2.78. The molecule has 116 valence electrons. The number of benzene rings is 2. The van der Waals surface area contributed by atoms with Crippen molar-refractivity contribution >= 4 is 28.8 Å². The Morgan fingerprint density at radius 3 is 2.87 bits per heavy atom. The van der Waals surface area contributed by atoms with Crippen LogP contribution in [0.15, 0.2) is 47.5 Å². The summed E-state index contributed by atoms with van der Waals surface area (Å²) in [6.45, 7) is 0. The van der Waals surface area contributed by atoms with Crippen LogP contribution in [0.2, 0.25) is 0 Å². The number of carbonyl (C=O) groups is 1. The second-order valence-corrected chi connectivity index (χ2v) is 4.84. The number of aromatic nitrogens is 1. The SMILES string of the molecule is COC(=O)c1ccccc1N=Cc1c(O)[nH]c2ccc(F)cc12. The molecular formula is C17H13FN2O3. The molecule has 0 spiro atoms. The van der Waals surface area contributed by atoms with E-state index in [1.54, 1.807) is 24.3 Å². The number of carbonyl (C=O) groups excluding carboxylic acids is 1. The van der Waals surface area contributed by atoms with Gasteiger partial charge in [-0.2, -0.15) is 0 Å². The lowest BCUT2D eigenvalue weighted by molar-refractivity contribution is 0.0601. The molecule has 0 atom stereocenters. The number of aliphatic imine (C=N–C) groups is 1. The third-order valence-corrected chi connectivity index (χ3v) is 3.42. The molecule has 2 N–H and O–H groups in total. The largest absolute Gasteiger partial charge is 0.494 e. The summed E-state index contributed by atoms with van der Waals surface area (Å²) in [5.41, 5.74) is 1.63. The molecule has 0 bridgehead atoms. The lowest BCUT2D eigenvalue weighted by Gasteiger charge is -2.02. The number of hydrogen-bond donors (Lipinski definition) is 2. The van der Waals surface area contributed by atoms with Crippen molar-refractivity contribution in [2.24, 2.45) is 4.99 Å². The molecule has 0 aliphatic carbocycles. The Labute approximate surface area is 131 Å². The summed E-state index contributed by atoms with van der Waals surface area (Å²) in [6.07, 6.45) is 1.38. The molecule has 1 heterocycles. The molecule has 0 radical (unpaired) electrons. The maximum atomic E-state index is 13.4. The van der Waals surface area contributed by atoms with E-state index in [1.807, 2.05) is 0 Å². The maximum absolute atomic E-state index is 13.4.